The Labute approximate surface area is 252 Å². The molecule has 42 heavy (non-hydrogen) atoms. The van der Waals surface area contributed by atoms with Gasteiger partial charge in [-0.3, -0.25) is 9.59 Å². The van der Waals surface area contributed by atoms with E-state index in [-0.39, 0.29) is 5.91 Å². The minimum absolute atomic E-state index is 0.0452. The van der Waals surface area contributed by atoms with Crippen LogP contribution in [0.4, 0.5) is 5.82 Å². The van der Waals surface area contributed by atoms with E-state index in [1.165, 1.54) is 9.58 Å². The Morgan fingerprint density at radius 2 is 2.00 bits per heavy atom. The fraction of sp³-hybridized carbons (Fsp3) is 0.667. The monoisotopic (exact) mass is 601 g/mol. The maximum Gasteiger partial charge on any atom is 0.320 e. The number of imidazole rings is 1. The number of carboxylic acid groups (broad SMARTS) is 1. The molecule has 3 aromatic heterocycles. The Morgan fingerprint density at radius 3 is 2.74 bits per heavy atom. The summed E-state index contributed by atoms with van der Waals surface area (Å²) in [7, 11) is 0. The predicted octanol–water partition coefficient (Wildman–Crippen LogP) is 3.70. The molecule has 11 nitrogen and oxygen atoms in total. The van der Waals surface area contributed by atoms with Crippen LogP contribution >= 0.6 is 11.3 Å². The first kappa shape index (κ1) is 32.1. The number of carboxylic acids is 1. The number of rotatable bonds is 17. The number of aryl methyl sites for hydroxylation is 2. The second-order valence-corrected chi connectivity index (χ2v) is 12.7. The highest BCUT2D eigenvalue weighted by Gasteiger charge is 2.24. The normalized spacial score (nSPS) is 15.5. The van der Waals surface area contributed by atoms with Gasteiger partial charge in [0.25, 0.3) is 0 Å². The highest BCUT2D eigenvalue weighted by molar-refractivity contribution is 7.19. The lowest BCUT2D eigenvalue weighted by atomic mass is 9.96. The van der Waals surface area contributed by atoms with E-state index in [1.807, 2.05) is 0 Å². The average molecular weight is 602 g/mol. The van der Waals surface area contributed by atoms with Gasteiger partial charge in [0.2, 0.25) is 5.91 Å². The molecule has 0 radical (unpaired) electrons. The molecule has 0 spiro atoms. The number of nitrogens with one attached hydrogen (secondary N) is 1. The summed E-state index contributed by atoms with van der Waals surface area (Å²) in [6.07, 6.45) is 7.55. The van der Waals surface area contributed by atoms with Crippen molar-refractivity contribution in [1.29, 1.82) is 0 Å². The molecule has 232 valence electrons. The van der Waals surface area contributed by atoms with Crippen LogP contribution in [0.3, 0.4) is 0 Å². The van der Waals surface area contributed by atoms with Crippen molar-refractivity contribution in [3.05, 3.63) is 16.8 Å². The van der Waals surface area contributed by atoms with E-state index in [4.69, 9.17) is 26.3 Å². The topological polar surface area (TPSA) is 162 Å². The van der Waals surface area contributed by atoms with Crippen LogP contribution in [0.15, 0.2) is 6.07 Å². The molecule has 1 amide bonds. The molecule has 1 fully saturated rings. The summed E-state index contributed by atoms with van der Waals surface area (Å²) in [4.78, 5) is 36.1. The van der Waals surface area contributed by atoms with Gasteiger partial charge >= 0.3 is 5.97 Å². The van der Waals surface area contributed by atoms with Gasteiger partial charge in [0.15, 0.2) is 5.82 Å². The molecule has 0 aromatic carbocycles. The number of carbonyl (C=O) groups is 2. The number of anilines is 1. The van der Waals surface area contributed by atoms with Crippen LogP contribution in [0.2, 0.25) is 0 Å². The number of carbonyl (C=O) groups excluding carboxylic acids is 1. The molecule has 0 unspecified atom stereocenters. The zero-order chi connectivity index (χ0) is 30.1. The fourth-order valence-corrected chi connectivity index (χ4v) is 6.61. The van der Waals surface area contributed by atoms with Crippen LogP contribution in [-0.2, 0) is 27.3 Å². The molecule has 4 rings (SSSR count). The number of likely N-dealkylation sites (tertiary alicyclic amines) is 1. The van der Waals surface area contributed by atoms with Crippen LogP contribution in [0.5, 0.6) is 0 Å². The fourth-order valence-electron chi connectivity index (χ4n) is 5.61. The van der Waals surface area contributed by atoms with Gasteiger partial charge in [0, 0.05) is 37.4 Å². The molecule has 1 aliphatic heterocycles. The Balaban J connectivity index is 1.19. The number of piperidine rings is 1. The molecule has 0 bridgehead atoms. The molecule has 1 atom stereocenters. The maximum atomic E-state index is 12.0. The number of thiophene rings is 1. The smallest absolute Gasteiger partial charge is 0.320 e. The van der Waals surface area contributed by atoms with E-state index in [0.29, 0.717) is 57.2 Å². The molecule has 0 aliphatic carbocycles. The van der Waals surface area contributed by atoms with Gasteiger partial charge in [-0.05, 0) is 70.5 Å². The number of pyridine rings is 1. The minimum atomic E-state index is -0.987. The van der Waals surface area contributed by atoms with E-state index in [9.17, 15) is 9.59 Å². The second-order valence-electron chi connectivity index (χ2n) is 11.4. The van der Waals surface area contributed by atoms with E-state index in [2.05, 4.69) is 39.7 Å². The van der Waals surface area contributed by atoms with Crippen molar-refractivity contribution in [3.63, 3.8) is 0 Å². The number of ether oxygens (including phenoxy) is 1. The van der Waals surface area contributed by atoms with Crippen molar-refractivity contribution in [3.8, 4) is 0 Å². The Morgan fingerprint density at radius 1 is 1.21 bits per heavy atom. The molecular formula is C30H47N7O4S. The first-order chi connectivity index (χ1) is 20.3. The van der Waals surface area contributed by atoms with Crippen molar-refractivity contribution in [2.75, 3.05) is 45.1 Å². The Kier molecular flexibility index (Phi) is 11.9. The lowest BCUT2D eigenvalue weighted by Gasteiger charge is -2.32. The van der Waals surface area contributed by atoms with Crippen LogP contribution in [0.1, 0.15) is 69.0 Å². The van der Waals surface area contributed by atoms with E-state index in [0.717, 1.165) is 80.7 Å². The third kappa shape index (κ3) is 8.62. The van der Waals surface area contributed by atoms with E-state index < -0.39 is 12.0 Å². The van der Waals surface area contributed by atoms with Crippen molar-refractivity contribution >= 4 is 50.3 Å². The quantitative estimate of drug-likeness (QED) is 0.169. The maximum absolute atomic E-state index is 12.0. The number of hydrogen-bond donors (Lipinski definition) is 4. The number of fused-ring (bicyclic) bond motifs is 3. The molecule has 0 saturated carbocycles. The molecule has 1 aliphatic rings. The molecule has 6 N–H and O–H groups in total. The lowest BCUT2D eigenvalue weighted by Crippen LogP contribution is -2.37. The number of unbranched alkanes of at least 4 members (excludes halogenated alkanes) is 2. The van der Waals surface area contributed by atoms with E-state index >= 15 is 0 Å². The third-order valence-corrected chi connectivity index (χ3v) is 9.14. The zero-order valence-electron chi connectivity index (χ0n) is 25.1. The number of nitrogen functional groups attached to an aromatic ring is 1. The molecule has 12 heteroatoms. The molecule has 1 saturated heterocycles. The van der Waals surface area contributed by atoms with Crippen LogP contribution in [-0.4, -0.2) is 81.9 Å². The van der Waals surface area contributed by atoms with Gasteiger partial charge in [-0.15, -0.1) is 11.3 Å². The summed E-state index contributed by atoms with van der Waals surface area (Å²) in [6.45, 7) is 9.76. The Hall–Kier alpha value is -2.80. The standard InChI is InChI=1S/C30H47N7O4S/c1-3-4-8-24-35-26-27(28-23(34-29(26)32)18-20(2)42-28)37(24)19-21-9-13-36(14-10-21)15-17-41-16-11-25(38)33-12-6-5-7-22(31)30(39)40/h18,21-22H,3-17,19,31H2,1-2H3,(H2,32,34)(H,33,38)(H,39,40)/t22-/m0/s1. The number of amides is 1. The lowest BCUT2D eigenvalue weighted by molar-refractivity contribution is -0.138. The molecule has 4 heterocycles. The molecular weight excluding hydrogens is 554 g/mol. The largest absolute Gasteiger partial charge is 0.480 e. The summed E-state index contributed by atoms with van der Waals surface area (Å²) in [5.74, 6) is 1.20. The first-order valence-corrected chi connectivity index (χ1v) is 16.2. The number of hydrogen-bond acceptors (Lipinski definition) is 9. The number of aliphatic carboxylic acids is 1. The summed E-state index contributed by atoms with van der Waals surface area (Å²) in [5.41, 5.74) is 14.8. The predicted molar refractivity (Wildman–Crippen MR) is 168 cm³/mol. The van der Waals surface area contributed by atoms with Crippen molar-refractivity contribution in [2.45, 2.75) is 84.2 Å². The summed E-state index contributed by atoms with van der Waals surface area (Å²) >= 11 is 1.78. The Bertz CT molecular complexity index is 1330. The van der Waals surface area contributed by atoms with Gasteiger partial charge in [0.05, 0.1) is 28.9 Å². The third-order valence-electron chi connectivity index (χ3n) is 8.09. The summed E-state index contributed by atoms with van der Waals surface area (Å²) in [6, 6.07) is 1.29. The van der Waals surface area contributed by atoms with Crippen LogP contribution in [0.25, 0.3) is 21.3 Å². The highest BCUT2D eigenvalue weighted by atomic mass is 32.1. The van der Waals surface area contributed by atoms with Gasteiger partial charge in [0.1, 0.15) is 17.4 Å². The number of aromatic nitrogens is 3. The van der Waals surface area contributed by atoms with E-state index in [1.54, 1.807) is 11.3 Å². The molecule has 3 aromatic rings. The SMILES string of the molecule is CCCCc1nc2c(N)nc3cc(C)sc3c2n1CC1CCN(CCOCCC(=O)NCCCC[C@H](N)C(=O)O)CC1. The van der Waals surface area contributed by atoms with Crippen molar-refractivity contribution in [1.82, 2.24) is 24.8 Å². The number of nitrogens with two attached hydrogens (primary N) is 2. The average Bonchev–Trinajstić information content (AvgIpc) is 3.51. The van der Waals surface area contributed by atoms with Crippen LogP contribution < -0.4 is 16.8 Å². The highest BCUT2D eigenvalue weighted by Crippen LogP contribution is 2.35. The first-order valence-electron chi connectivity index (χ1n) is 15.4. The second kappa shape index (κ2) is 15.6. The van der Waals surface area contributed by atoms with Gasteiger partial charge in [-0.1, -0.05) is 13.3 Å². The minimum Gasteiger partial charge on any atom is -0.480 e. The van der Waals surface area contributed by atoms with Crippen molar-refractivity contribution < 1.29 is 19.4 Å². The van der Waals surface area contributed by atoms with Gasteiger partial charge < -0.3 is 36.1 Å². The zero-order valence-corrected chi connectivity index (χ0v) is 25.9. The van der Waals surface area contributed by atoms with Gasteiger partial charge in [-0.25, -0.2) is 9.97 Å². The van der Waals surface area contributed by atoms with Gasteiger partial charge in [-0.2, -0.15) is 0 Å². The summed E-state index contributed by atoms with van der Waals surface area (Å²) < 4.78 is 9.38. The van der Waals surface area contributed by atoms with Crippen LogP contribution in [0, 0.1) is 12.8 Å². The number of nitrogens with zero attached hydrogens (tertiary/aromatic N) is 4. The van der Waals surface area contributed by atoms with Crippen molar-refractivity contribution in [2.24, 2.45) is 11.7 Å². The summed E-state index contributed by atoms with van der Waals surface area (Å²) in [5, 5.41) is 11.6.